The van der Waals surface area contributed by atoms with Gasteiger partial charge in [0.2, 0.25) is 0 Å². The third-order valence-corrected chi connectivity index (χ3v) is 6.58. The van der Waals surface area contributed by atoms with Gasteiger partial charge in [0.05, 0.1) is 6.20 Å². The Bertz CT molecular complexity index is 1060. The topological polar surface area (TPSA) is 59.3 Å². The SMILES string of the molecule is Cc1nc2c(C(=O)N[C@H]3CCCC[C@@H]3C)cnn2c(C)c1Cc1ccccc1Cl. The van der Waals surface area contributed by atoms with Crippen molar-refractivity contribution in [3.8, 4) is 0 Å². The number of halogens is 1. The van der Waals surface area contributed by atoms with Crippen molar-refractivity contribution in [3.63, 3.8) is 0 Å². The van der Waals surface area contributed by atoms with Gasteiger partial charge in [-0.15, -0.1) is 0 Å². The van der Waals surface area contributed by atoms with E-state index in [2.05, 4.69) is 17.3 Å². The van der Waals surface area contributed by atoms with Gasteiger partial charge in [0.25, 0.3) is 5.91 Å². The second kappa shape index (κ2) is 8.15. The first kappa shape index (κ1) is 19.9. The first-order chi connectivity index (χ1) is 14.0. The van der Waals surface area contributed by atoms with Gasteiger partial charge in [-0.3, -0.25) is 4.79 Å². The molecule has 1 fully saturated rings. The van der Waals surface area contributed by atoms with Gasteiger partial charge >= 0.3 is 0 Å². The molecule has 0 aliphatic heterocycles. The molecule has 0 spiro atoms. The number of carbonyl (C=O) groups is 1. The summed E-state index contributed by atoms with van der Waals surface area (Å²) in [6, 6.07) is 8.07. The first-order valence-electron chi connectivity index (χ1n) is 10.3. The molecule has 1 amide bonds. The van der Waals surface area contributed by atoms with Crippen molar-refractivity contribution < 1.29 is 4.79 Å². The van der Waals surface area contributed by atoms with Crippen molar-refractivity contribution in [1.82, 2.24) is 19.9 Å². The van der Waals surface area contributed by atoms with Crippen molar-refractivity contribution in [2.24, 2.45) is 5.92 Å². The number of aryl methyl sites for hydroxylation is 2. The van der Waals surface area contributed by atoms with E-state index in [1.807, 2.05) is 38.1 Å². The van der Waals surface area contributed by atoms with E-state index in [0.717, 1.165) is 34.0 Å². The van der Waals surface area contributed by atoms with Gasteiger partial charge in [-0.1, -0.05) is 49.6 Å². The lowest BCUT2D eigenvalue weighted by molar-refractivity contribution is 0.0912. The van der Waals surface area contributed by atoms with E-state index in [1.165, 1.54) is 19.3 Å². The highest BCUT2D eigenvalue weighted by Crippen LogP contribution is 2.26. The van der Waals surface area contributed by atoms with Gasteiger partial charge < -0.3 is 5.32 Å². The highest BCUT2D eigenvalue weighted by Gasteiger charge is 2.25. The van der Waals surface area contributed by atoms with Crippen molar-refractivity contribution in [1.29, 1.82) is 0 Å². The lowest BCUT2D eigenvalue weighted by Gasteiger charge is -2.29. The second-order valence-corrected chi connectivity index (χ2v) is 8.57. The number of carbonyl (C=O) groups excluding carboxylic acids is 1. The Labute approximate surface area is 176 Å². The molecule has 1 N–H and O–H groups in total. The highest BCUT2D eigenvalue weighted by molar-refractivity contribution is 6.31. The first-order valence-corrected chi connectivity index (χ1v) is 10.7. The molecule has 4 rings (SSSR count). The predicted molar refractivity (Wildman–Crippen MR) is 116 cm³/mol. The fraction of sp³-hybridized carbons (Fsp3) is 0.435. The largest absolute Gasteiger partial charge is 0.349 e. The van der Waals surface area contributed by atoms with E-state index in [9.17, 15) is 4.79 Å². The summed E-state index contributed by atoms with van der Waals surface area (Å²) in [6.07, 6.45) is 6.95. The van der Waals surface area contributed by atoms with Crippen LogP contribution in [-0.4, -0.2) is 26.5 Å². The minimum absolute atomic E-state index is 0.0797. The van der Waals surface area contributed by atoms with Crippen LogP contribution in [0, 0.1) is 19.8 Å². The van der Waals surface area contributed by atoms with Crippen LogP contribution in [0.15, 0.2) is 30.5 Å². The normalized spacial score (nSPS) is 19.4. The second-order valence-electron chi connectivity index (χ2n) is 8.16. The number of rotatable bonds is 4. The summed E-state index contributed by atoms with van der Waals surface area (Å²) >= 11 is 6.35. The van der Waals surface area contributed by atoms with Gasteiger partial charge in [-0.2, -0.15) is 5.10 Å². The molecule has 2 atom stereocenters. The van der Waals surface area contributed by atoms with Gasteiger partial charge in [-0.05, 0) is 49.8 Å². The molecule has 1 saturated carbocycles. The minimum atomic E-state index is -0.0797. The average Bonchev–Trinajstić information content (AvgIpc) is 3.12. The molecular formula is C23H27ClN4O. The molecule has 2 aromatic heterocycles. The lowest BCUT2D eigenvalue weighted by atomic mass is 9.86. The summed E-state index contributed by atoms with van der Waals surface area (Å²) in [5.74, 6) is 0.428. The molecule has 0 bridgehead atoms. The maximum Gasteiger partial charge on any atom is 0.256 e. The summed E-state index contributed by atoms with van der Waals surface area (Å²) < 4.78 is 1.78. The van der Waals surface area contributed by atoms with Gasteiger partial charge in [-0.25, -0.2) is 9.50 Å². The van der Waals surface area contributed by atoms with Crippen LogP contribution in [-0.2, 0) is 6.42 Å². The Balaban J connectivity index is 1.65. The smallest absolute Gasteiger partial charge is 0.256 e. The van der Waals surface area contributed by atoms with Crippen LogP contribution in [0.3, 0.4) is 0 Å². The lowest BCUT2D eigenvalue weighted by Crippen LogP contribution is -2.41. The molecule has 3 aromatic rings. The maximum atomic E-state index is 13.0. The van der Waals surface area contributed by atoms with E-state index in [-0.39, 0.29) is 11.9 Å². The summed E-state index contributed by atoms with van der Waals surface area (Å²) in [7, 11) is 0. The van der Waals surface area contributed by atoms with Gasteiger partial charge in [0.15, 0.2) is 5.65 Å². The average molecular weight is 411 g/mol. The molecule has 0 radical (unpaired) electrons. The molecule has 0 unspecified atom stereocenters. The van der Waals surface area contributed by atoms with Gasteiger partial charge in [0, 0.05) is 28.9 Å². The highest BCUT2D eigenvalue weighted by atomic mass is 35.5. The molecule has 5 nitrogen and oxygen atoms in total. The number of aromatic nitrogens is 3. The molecule has 1 aromatic carbocycles. The third kappa shape index (κ3) is 3.88. The summed E-state index contributed by atoms with van der Waals surface area (Å²) in [5.41, 5.74) is 5.18. The maximum absolute atomic E-state index is 13.0. The predicted octanol–water partition coefficient (Wildman–Crippen LogP) is 4.90. The van der Waals surface area contributed by atoms with E-state index in [4.69, 9.17) is 16.6 Å². The van der Waals surface area contributed by atoms with Crippen LogP contribution in [0.4, 0.5) is 0 Å². The fourth-order valence-corrected chi connectivity index (χ4v) is 4.54. The van der Waals surface area contributed by atoms with E-state index >= 15 is 0 Å². The molecular weight excluding hydrogens is 384 g/mol. The van der Waals surface area contributed by atoms with Crippen molar-refractivity contribution in [2.45, 2.75) is 58.9 Å². The Morgan fingerprint density at radius 1 is 1.24 bits per heavy atom. The fourth-order valence-electron chi connectivity index (χ4n) is 4.34. The van der Waals surface area contributed by atoms with E-state index < -0.39 is 0 Å². The number of fused-ring (bicyclic) bond motifs is 1. The summed E-state index contributed by atoms with van der Waals surface area (Å²) in [4.78, 5) is 17.7. The Morgan fingerprint density at radius 2 is 2.00 bits per heavy atom. The Kier molecular flexibility index (Phi) is 5.59. The number of nitrogens with zero attached hydrogens (tertiary/aromatic N) is 3. The summed E-state index contributed by atoms with van der Waals surface area (Å²) in [5, 5.41) is 8.44. The molecule has 2 heterocycles. The van der Waals surface area contributed by atoms with Gasteiger partial charge in [0.1, 0.15) is 5.56 Å². The zero-order chi connectivity index (χ0) is 20.5. The molecule has 6 heteroatoms. The molecule has 0 saturated heterocycles. The number of nitrogens with one attached hydrogen (secondary N) is 1. The quantitative estimate of drug-likeness (QED) is 0.665. The number of hydrogen-bond donors (Lipinski definition) is 1. The number of hydrogen-bond acceptors (Lipinski definition) is 3. The molecule has 152 valence electrons. The van der Waals surface area contributed by atoms with Crippen LogP contribution in [0.2, 0.25) is 5.02 Å². The standard InChI is InChI=1S/C23H27ClN4O/c1-14-8-4-7-11-21(14)27-23(29)19-13-25-28-16(3)18(15(2)26-22(19)28)12-17-9-5-6-10-20(17)24/h5-6,9-10,13-14,21H,4,7-8,11-12H2,1-3H3,(H,27,29)/t14-,21-/m0/s1. The molecule has 1 aliphatic rings. The molecule has 29 heavy (non-hydrogen) atoms. The molecule has 1 aliphatic carbocycles. The summed E-state index contributed by atoms with van der Waals surface area (Å²) in [6.45, 7) is 6.22. The van der Waals surface area contributed by atoms with Crippen LogP contribution in [0.5, 0.6) is 0 Å². The van der Waals surface area contributed by atoms with Crippen LogP contribution < -0.4 is 5.32 Å². The van der Waals surface area contributed by atoms with Crippen molar-refractivity contribution in [3.05, 3.63) is 63.6 Å². The minimum Gasteiger partial charge on any atom is -0.349 e. The Hall–Kier alpha value is -2.40. The van der Waals surface area contributed by atoms with Crippen LogP contribution in [0.1, 0.15) is 65.5 Å². The number of amides is 1. The van der Waals surface area contributed by atoms with Crippen molar-refractivity contribution in [2.75, 3.05) is 0 Å². The Morgan fingerprint density at radius 3 is 2.76 bits per heavy atom. The number of benzene rings is 1. The zero-order valence-electron chi connectivity index (χ0n) is 17.2. The zero-order valence-corrected chi connectivity index (χ0v) is 18.0. The van der Waals surface area contributed by atoms with Crippen molar-refractivity contribution >= 4 is 23.2 Å². The monoisotopic (exact) mass is 410 g/mol. The third-order valence-electron chi connectivity index (χ3n) is 6.21. The van der Waals surface area contributed by atoms with Crippen LogP contribution in [0.25, 0.3) is 5.65 Å². The van der Waals surface area contributed by atoms with Crippen LogP contribution >= 0.6 is 11.6 Å². The van der Waals surface area contributed by atoms with E-state index in [0.29, 0.717) is 23.5 Å². The van der Waals surface area contributed by atoms with E-state index in [1.54, 1.807) is 10.7 Å².